The second kappa shape index (κ2) is 9.05. The second-order valence-electron chi connectivity index (χ2n) is 5.97. The first-order chi connectivity index (χ1) is 14.1. The van der Waals surface area contributed by atoms with Gasteiger partial charge in [-0.05, 0) is 47.1 Å². The van der Waals surface area contributed by atoms with Gasteiger partial charge in [0.05, 0.1) is 14.2 Å². The average Bonchev–Trinajstić information content (AvgIpc) is 3.20. The van der Waals surface area contributed by atoms with Crippen LogP contribution in [0.5, 0.6) is 17.2 Å². The van der Waals surface area contributed by atoms with Crippen molar-refractivity contribution in [3.05, 3.63) is 48.3 Å². The molecule has 0 spiro atoms. The highest BCUT2D eigenvalue weighted by Gasteiger charge is 2.24. The van der Waals surface area contributed by atoms with Crippen molar-refractivity contribution in [3.63, 3.8) is 0 Å². The van der Waals surface area contributed by atoms with E-state index in [1.165, 1.54) is 26.4 Å². The van der Waals surface area contributed by atoms with Crippen molar-refractivity contribution in [2.45, 2.75) is 19.4 Å². The van der Waals surface area contributed by atoms with Gasteiger partial charge in [0, 0.05) is 5.56 Å². The second-order valence-corrected chi connectivity index (χ2v) is 5.97. The number of para-hydroxylation sites is 1. The zero-order chi connectivity index (χ0) is 20.8. The molecule has 0 saturated carbocycles. The number of nitrogens with zero attached hydrogens (tertiary/aromatic N) is 2. The van der Waals surface area contributed by atoms with Gasteiger partial charge in [0.25, 0.3) is 5.91 Å². The first-order valence-electron chi connectivity index (χ1n) is 8.84. The van der Waals surface area contributed by atoms with Gasteiger partial charge in [-0.15, -0.1) is 0 Å². The molecule has 1 aromatic heterocycles. The molecule has 9 heteroatoms. The number of amides is 1. The molecule has 0 bridgehead atoms. The van der Waals surface area contributed by atoms with Gasteiger partial charge in [-0.25, -0.2) is 9.02 Å². The van der Waals surface area contributed by atoms with E-state index in [1.54, 1.807) is 37.3 Å². The molecule has 29 heavy (non-hydrogen) atoms. The molecular formula is C20H20FN3O5. The van der Waals surface area contributed by atoms with Gasteiger partial charge >= 0.3 is 0 Å². The van der Waals surface area contributed by atoms with E-state index >= 15 is 0 Å². The summed E-state index contributed by atoms with van der Waals surface area (Å²) in [7, 11) is 3.04. The van der Waals surface area contributed by atoms with Crippen LogP contribution in [0.3, 0.4) is 0 Å². The van der Waals surface area contributed by atoms with E-state index in [1.807, 2.05) is 0 Å². The number of anilines is 1. The van der Waals surface area contributed by atoms with Gasteiger partial charge in [-0.3, -0.25) is 4.79 Å². The summed E-state index contributed by atoms with van der Waals surface area (Å²) < 4.78 is 34.6. The van der Waals surface area contributed by atoms with E-state index in [2.05, 4.69) is 15.6 Å². The van der Waals surface area contributed by atoms with E-state index in [4.69, 9.17) is 18.8 Å². The highest BCUT2D eigenvalue weighted by molar-refractivity contribution is 5.96. The van der Waals surface area contributed by atoms with Crippen molar-refractivity contribution in [2.24, 2.45) is 0 Å². The van der Waals surface area contributed by atoms with Crippen molar-refractivity contribution < 1.29 is 28.0 Å². The van der Waals surface area contributed by atoms with Gasteiger partial charge in [0.1, 0.15) is 0 Å². The van der Waals surface area contributed by atoms with Crippen LogP contribution < -0.4 is 19.5 Å². The third-order valence-electron chi connectivity index (χ3n) is 4.16. The number of benzene rings is 2. The van der Waals surface area contributed by atoms with Crippen LogP contribution in [0.15, 0.2) is 47.1 Å². The lowest BCUT2D eigenvalue weighted by Crippen LogP contribution is -2.32. The summed E-state index contributed by atoms with van der Waals surface area (Å²) in [6, 6.07) is 11.0. The number of methoxy groups -OCH3 is 2. The lowest BCUT2D eigenvalue weighted by molar-refractivity contribution is -0.122. The monoisotopic (exact) mass is 401 g/mol. The molecule has 1 amide bonds. The van der Waals surface area contributed by atoms with Crippen LogP contribution in [-0.2, 0) is 4.79 Å². The lowest BCUT2D eigenvalue weighted by atomic mass is 10.1. The summed E-state index contributed by atoms with van der Waals surface area (Å²) in [5.74, 6) is 0.0777. The maximum absolute atomic E-state index is 13.8. The summed E-state index contributed by atoms with van der Waals surface area (Å²) in [5.41, 5.74) is 0.905. The van der Waals surface area contributed by atoms with Crippen molar-refractivity contribution in [1.29, 1.82) is 0 Å². The van der Waals surface area contributed by atoms with Gasteiger partial charge in [0.2, 0.25) is 5.82 Å². The lowest BCUT2D eigenvalue weighted by Gasteiger charge is -2.17. The van der Waals surface area contributed by atoms with Crippen LogP contribution in [0.1, 0.15) is 13.3 Å². The smallest absolute Gasteiger partial charge is 0.266 e. The molecule has 1 N–H and O–H groups in total. The number of rotatable bonds is 8. The summed E-state index contributed by atoms with van der Waals surface area (Å²) >= 11 is 0. The normalized spacial score (nSPS) is 11.6. The van der Waals surface area contributed by atoms with Crippen molar-refractivity contribution in [2.75, 3.05) is 19.5 Å². The minimum Gasteiger partial charge on any atom is -0.493 e. The molecule has 0 aliphatic heterocycles. The topological polar surface area (TPSA) is 95.7 Å². The summed E-state index contributed by atoms with van der Waals surface area (Å²) in [6.45, 7) is 1.75. The number of ether oxygens (including phenoxy) is 3. The highest BCUT2D eigenvalue weighted by atomic mass is 19.1. The van der Waals surface area contributed by atoms with Crippen LogP contribution in [0.4, 0.5) is 10.2 Å². The number of carbonyl (C=O) groups is 1. The molecule has 1 atom stereocenters. The maximum Gasteiger partial charge on any atom is 0.266 e. The number of nitrogens with one attached hydrogen (secondary N) is 1. The quantitative estimate of drug-likeness (QED) is 0.615. The van der Waals surface area contributed by atoms with Gasteiger partial charge in [-0.2, -0.15) is 0 Å². The van der Waals surface area contributed by atoms with Gasteiger partial charge < -0.3 is 19.5 Å². The van der Waals surface area contributed by atoms with E-state index in [9.17, 15) is 9.18 Å². The Bertz CT molecular complexity index is 992. The van der Waals surface area contributed by atoms with Crippen LogP contribution >= 0.6 is 0 Å². The molecule has 0 aliphatic rings. The average molecular weight is 401 g/mol. The summed E-state index contributed by atoms with van der Waals surface area (Å²) in [5, 5.41) is 10.2. The fraction of sp³-hybridized carbons (Fsp3) is 0.250. The van der Waals surface area contributed by atoms with Gasteiger partial charge in [0.15, 0.2) is 34.9 Å². The zero-order valence-electron chi connectivity index (χ0n) is 16.1. The Morgan fingerprint density at radius 2 is 1.86 bits per heavy atom. The molecule has 0 saturated heterocycles. The molecule has 2 aromatic carbocycles. The SMILES string of the molecule is CCC(Oc1ccccc1F)C(=O)Nc1nonc1-c1ccc(OC)c(OC)c1. The molecule has 8 nitrogen and oxygen atoms in total. The van der Waals surface area contributed by atoms with Crippen molar-refractivity contribution in [3.8, 4) is 28.5 Å². The zero-order valence-corrected chi connectivity index (χ0v) is 16.1. The molecule has 152 valence electrons. The van der Waals surface area contributed by atoms with Crippen LogP contribution in [0.2, 0.25) is 0 Å². The minimum atomic E-state index is -0.929. The Morgan fingerprint density at radius 3 is 2.55 bits per heavy atom. The number of aromatic nitrogens is 2. The van der Waals surface area contributed by atoms with Crippen LogP contribution in [0, 0.1) is 5.82 Å². The number of halogens is 1. The Kier molecular flexibility index (Phi) is 6.28. The van der Waals surface area contributed by atoms with Gasteiger partial charge in [-0.1, -0.05) is 19.1 Å². The fourth-order valence-electron chi connectivity index (χ4n) is 2.66. The van der Waals surface area contributed by atoms with E-state index in [0.29, 0.717) is 29.2 Å². The molecule has 0 fully saturated rings. The molecule has 0 aliphatic carbocycles. The minimum absolute atomic E-state index is 0.00658. The van der Waals surface area contributed by atoms with Crippen LogP contribution in [0.25, 0.3) is 11.3 Å². The fourth-order valence-corrected chi connectivity index (χ4v) is 2.66. The largest absolute Gasteiger partial charge is 0.493 e. The Morgan fingerprint density at radius 1 is 1.10 bits per heavy atom. The Hall–Kier alpha value is -3.62. The summed E-state index contributed by atoms with van der Waals surface area (Å²) in [6.07, 6.45) is -0.612. The maximum atomic E-state index is 13.8. The third kappa shape index (κ3) is 4.45. The standard InChI is InChI=1S/C20H20FN3O5/c1-4-14(28-15-8-6-5-7-13(15)21)20(25)22-19-18(23-29-24-19)12-9-10-16(26-2)17(11-12)27-3/h5-11,14H,4H2,1-3H3,(H,22,24,25). The number of carbonyl (C=O) groups excluding carboxylic acids is 1. The van der Waals surface area contributed by atoms with E-state index in [-0.39, 0.29) is 11.6 Å². The molecular weight excluding hydrogens is 381 g/mol. The molecule has 1 heterocycles. The molecule has 3 rings (SSSR count). The Labute approximate surface area is 166 Å². The van der Waals surface area contributed by atoms with Crippen LogP contribution in [-0.4, -0.2) is 36.5 Å². The summed E-state index contributed by atoms with van der Waals surface area (Å²) in [4.78, 5) is 12.7. The van der Waals surface area contributed by atoms with E-state index in [0.717, 1.165) is 0 Å². The first kappa shape index (κ1) is 20.1. The predicted molar refractivity (Wildman–Crippen MR) is 103 cm³/mol. The molecule has 1 unspecified atom stereocenters. The third-order valence-corrected chi connectivity index (χ3v) is 4.16. The number of hydrogen-bond acceptors (Lipinski definition) is 7. The van der Waals surface area contributed by atoms with Crippen molar-refractivity contribution in [1.82, 2.24) is 10.3 Å². The van der Waals surface area contributed by atoms with Crippen molar-refractivity contribution >= 4 is 11.7 Å². The highest BCUT2D eigenvalue weighted by Crippen LogP contribution is 2.34. The predicted octanol–water partition coefficient (Wildman–Crippen LogP) is 3.69. The van der Waals surface area contributed by atoms with E-state index < -0.39 is 17.8 Å². The Balaban J connectivity index is 1.80. The molecule has 3 aromatic rings. The molecule has 0 radical (unpaired) electrons. The first-order valence-corrected chi connectivity index (χ1v) is 8.84. The number of hydrogen-bond donors (Lipinski definition) is 1.